The summed E-state index contributed by atoms with van der Waals surface area (Å²) in [7, 11) is 3.38. The van der Waals surface area contributed by atoms with Crippen molar-refractivity contribution in [2.75, 3.05) is 32.5 Å². The smallest absolute Gasteiger partial charge is 0.254 e. The summed E-state index contributed by atoms with van der Waals surface area (Å²) in [4.78, 5) is 41.7. The number of fused-ring (bicyclic) bond motifs is 1. The lowest BCUT2D eigenvalue weighted by Gasteiger charge is -2.32. The minimum atomic E-state index is -0.295. The summed E-state index contributed by atoms with van der Waals surface area (Å²) >= 11 is 0. The Morgan fingerprint density at radius 1 is 0.969 bits per heavy atom. The van der Waals surface area contributed by atoms with E-state index in [0.29, 0.717) is 29.9 Å². The molecule has 0 spiro atoms. The van der Waals surface area contributed by atoms with Crippen LogP contribution < -0.4 is 5.32 Å². The van der Waals surface area contributed by atoms with Crippen molar-refractivity contribution in [2.45, 2.75) is 12.8 Å². The second-order valence-electron chi connectivity index (χ2n) is 8.39. The van der Waals surface area contributed by atoms with Gasteiger partial charge in [-0.25, -0.2) is 0 Å². The molecule has 0 aromatic heterocycles. The van der Waals surface area contributed by atoms with Gasteiger partial charge in [-0.3, -0.25) is 14.4 Å². The van der Waals surface area contributed by atoms with Gasteiger partial charge in [0.15, 0.2) is 0 Å². The Kier molecular flexibility index (Phi) is 6.21. The molecule has 4 rings (SSSR count). The molecular formula is C26H27N3O3. The second-order valence-corrected chi connectivity index (χ2v) is 8.39. The molecule has 3 aromatic carbocycles. The first-order valence-electron chi connectivity index (χ1n) is 10.8. The summed E-state index contributed by atoms with van der Waals surface area (Å²) < 4.78 is 0. The van der Waals surface area contributed by atoms with Gasteiger partial charge >= 0.3 is 0 Å². The zero-order valence-corrected chi connectivity index (χ0v) is 18.4. The van der Waals surface area contributed by atoms with Gasteiger partial charge in [0.2, 0.25) is 5.91 Å². The van der Waals surface area contributed by atoms with Crippen molar-refractivity contribution in [1.82, 2.24) is 9.80 Å². The maximum Gasteiger partial charge on any atom is 0.254 e. The molecule has 1 unspecified atom stereocenters. The molecule has 6 heteroatoms. The summed E-state index contributed by atoms with van der Waals surface area (Å²) in [5.41, 5.74) is 1.77. The van der Waals surface area contributed by atoms with Gasteiger partial charge in [0.05, 0.1) is 5.92 Å². The SMILES string of the molecule is CN(C)C(=O)c1cccc(NC(=O)C2CCCN(C(=O)c3cccc4ccccc34)C2)c1. The fourth-order valence-electron chi connectivity index (χ4n) is 4.19. The van der Waals surface area contributed by atoms with Gasteiger partial charge in [-0.15, -0.1) is 0 Å². The molecule has 32 heavy (non-hydrogen) atoms. The molecule has 1 aliphatic heterocycles. The van der Waals surface area contributed by atoms with Crippen molar-refractivity contribution in [2.24, 2.45) is 5.92 Å². The molecule has 1 fully saturated rings. The van der Waals surface area contributed by atoms with Crippen molar-refractivity contribution in [1.29, 1.82) is 0 Å². The molecule has 1 aliphatic rings. The molecule has 1 heterocycles. The molecule has 0 aliphatic carbocycles. The standard InChI is InChI=1S/C26H27N3O3/c1-28(2)25(31)19-10-5-12-21(16-19)27-24(30)20-11-7-15-29(17-20)26(32)23-14-6-9-18-8-3-4-13-22(18)23/h3-6,8-10,12-14,16,20H,7,11,15,17H2,1-2H3,(H,27,30). The van der Waals surface area contributed by atoms with Crippen LogP contribution in [0, 0.1) is 5.92 Å². The van der Waals surface area contributed by atoms with E-state index in [1.54, 1.807) is 43.3 Å². The third kappa shape index (κ3) is 4.49. The number of nitrogens with zero attached hydrogens (tertiary/aromatic N) is 2. The first kappa shape index (κ1) is 21.6. The van der Waals surface area contributed by atoms with Crippen LogP contribution >= 0.6 is 0 Å². The number of piperidine rings is 1. The van der Waals surface area contributed by atoms with E-state index in [4.69, 9.17) is 0 Å². The number of rotatable bonds is 4. The zero-order chi connectivity index (χ0) is 22.7. The molecule has 164 valence electrons. The molecule has 3 aromatic rings. The highest BCUT2D eigenvalue weighted by Crippen LogP contribution is 2.24. The van der Waals surface area contributed by atoms with Gasteiger partial charge in [0.25, 0.3) is 11.8 Å². The minimum absolute atomic E-state index is 0.0436. The molecule has 6 nitrogen and oxygen atoms in total. The molecule has 0 saturated carbocycles. The number of nitrogens with one attached hydrogen (secondary N) is 1. The third-order valence-corrected chi connectivity index (χ3v) is 5.88. The minimum Gasteiger partial charge on any atom is -0.345 e. The quantitative estimate of drug-likeness (QED) is 0.681. The van der Waals surface area contributed by atoms with Crippen LogP contribution in [0.25, 0.3) is 10.8 Å². The Hall–Kier alpha value is -3.67. The molecule has 0 radical (unpaired) electrons. The van der Waals surface area contributed by atoms with E-state index in [-0.39, 0.29) is 23.6 Å². The van der Waals surface area contributed by atoms with Crippen LogP contribution in [0.15, 0.2) is 66.7 Å². The van der Waals surface area contributed by atoms with Gasteiger partial charge in [-0.2, -0.15) is 0 Å². The molecule has 1 N–H and O–H groups in total. The predicted octanol–water partition coefficient (Wildman–Crippen LogP) is 4.03. The normalized spacial score (nSPS) is 15.9. The zero-order valence-electron chi connectivity index (χ0n) is 18.4. The van der Waals surface area contributed by atoms with Gasteiger partial charge in [-0.05, 0) is 47.9 Å². The summed E-state index contributed by atoms with van der Waals surface area (Å²) in [6.45, 7) is 1.02. The van der Waals surface area contributed by atoms with E-state index in [1.807, 2.05) is 42.5 Å². The Morgan fingerprint density at radius 2 is 1.72 bits per heavy atom. The van der Waals surface area contributed by atoms with Gasteiger partial charge in [0, 0.05) is 44.0 Å². The topological polar surface area (TPSA) is 69.7 Å². The number of hydrogen-bond acceptors (Lipinski definition) is 3. The van der Waals surface area contributed by atoms with E-state index in [0.717, 1.165) is 23.6 Å². The average molecular weight is 430 g/mol. The highest BCUT2D eigenvalue weighted by Gasteiger charge is 2.29. The van der Waals surface area contributed by atoms with Crippen LogP contribution in [0.3, 0.4) is 0 Å². The lowest BCUT2D eigenvalue weighted by molar-refractivity contribution is -0.121. The first-order valence-corrected chi connectivity index (χ1v) is 10.8. The van der Waals surface area contributed by atoms with Crippen LogP contribution in [0.4, 0.5) is 5.69 Å². The number of anilines is 1. The number of carbonyl (C=O) groups excluding carboxylic acids is 3. The van der Waals surface area contributed by atoms with Crippen molar-refractivity contribution < 1.29 is 14.4 Å². The second kappa shape index (κ2) is 9.22. The molecule has 0 bridgehead atoms. The van der Waals surface area contributed by atoms with Crippen molar-refractivity contribution >= 4 is 34.2 Å². The lowest BCUT2D eigenvalue weighted by atomic mass is 9.95. The van der Waals surface area contributed by atoms with E-state index in [9.17, 15) is 14.4 Å². The Morgan fingerprint density at radius 3 is 2.53 bits per heavy atom. The van der Waals surface area contributed by atoms with E-state index in [2.05, 4.69) is 5.32 Å². The largest absolute Gasteiger partial charge is 0.345 e. The highest BCUT2D eigenvalue weighted by atomic mass is 16.2. The molecule has 1 saturated heterocycles. The lowest BCUT2D eigenvalue weighted by Crippen LogP contribution is -2.43. The van der Waals surface area contributed by atoms with Crippen LogP contribution in [0.2, 0.25) is 0 Å². The van der Waals surface area contributed by atoms with Crippen molar-refractivity contribution in [3.05, 3.63) is 77.9 Å². The van der Waals surface area contributed by atoms with Crippen LogP contribution in [0.1, 0.15) is 33.6 Å². The van der Waals surface area contributed by atoms with E-state index < -0.39 is 0 Å². The number of hydrogen-bond donors (Lipinski definition) is 1. The van der Waals surface area contributed by atoms with Crippen LogP contribution in [-0.4, -0.2) is 54.7 Å². The van der Waals surface area contributed by atoms with Gasteiger partial charge < -0.3 is 15.1 Å². The number of carbonyl (C=O) groups is 3. The van der Waals surface area contributed by atoms with Gasteiger partial charge in [0.1, 0.15) is 0 Å². The average Bonchev–Trinajstić information content (AvgIpc) is 2.83. The van der Waals surface area contributed by atoms with E-state index in [1.165, 1.54) is 4.90 Å². The van der Waals surface area contributed by atoms with Crippen molar-refractivity contribution in [3.8, 4) is 0 Å². The maximum atomic E-state index is 13.3. The molecular weight excluding hydrogens is 402 g/mol. The van der Waals surface area contributed by atoms with Crippen molar-refractivity contribution in [3.63, 3.8) is 0 Å². The number of amides is 3. The van der Waals surface area contributed by atoms with Crippen LogP contribution in [-0.2, 0) is 4.79 Å². The van der Waals surface area contributed by atoms with Gasteiger partial charge in [-0.1, -0.05) is 42.5 Å². The predicted molar refractivity (Wildman–Crippen MR) is 126 cm³/mol. The summed E-state index contributed by atoms with van der Waals surface area (Å²) in [6, 6.07) is 20.5. The fourth-order valence-corrected chi connectivity index (χ4v) is 4.19. The third-order valence-electron chi connectivity index (χ3n) is 5.88. The fraction of sp³-hybridized carbons (Fsp3) is 0.269. The Bertz CT molecular complexity index is 1170. The Labute approximate surface area is 187 Å². The highest BCUT2D eigenvalue weighted by molar-refractivity contribution is 6.07. The summed E-state index contributed by atoms with van der Waals surface area (Å²) in [5.74, 6) is -0.589. The molecule has 3 amide bonds. The molecule has 1 atom stereocenters. The maximum absolute atomic E-state index is 13.3. The summed E-state index contributed by atoms with van der Waals surface area (Å²) in [5, 5.41) is 4.88. The number of likely N-dealkylation sites (tertiary alicyclic amines) is 1. The van der Waals surface area contributed by atoms with Crippen LogP contribution in [0.5, 0.6) is 0 Å². The number of benzene rings is 3. The first-order chi connectivity index (χ1) is 15.4. The monoisotopic (exact) mass is 429 g/mol. The Balaban J connectivity index is 1.47. The van der Waals surface area contributed by atoms with E-state index >= 15 is 0 Å². The summed E-state index contributed by atoms with van der Waals surface area (Å²) in [6.07, 6.45) is 1.50.